The van der Waals surface area contributed by atoms with E-state index in [1.165, 1.54) is 6.07 Å². The van der Waals surface area contributed by atoms with E-state index in [1.54, 1.807) is 13.2 Å². The molecule has 0 unspecified atom stereocenters. The van der Waals surface area contributed by atoms with Crippen molar-refractivity contribution in [2.24, 2.45) is 5.14 Å². The molecule has 0 aliphatic carbocycles. The van der Waals surface area contributed by atoms with E-state index >= 15 is 0 Å². The Morgan fingerprint density at radius 1 is 1.37 bits per heavy atom. The van der Waals surface area contributed by atoms with Gasteiger partial charge in [-0.2, -0.15) is 0 Å². The van der Waals surface area contributed by atoms with E-state index in [4.69, 9.17) is 14.6 Å². The first kappa shape index (κ1) is 14.3. The van der Waals surface area contributed by atoms with E-state index in [-0.39, 0.29) is 4.90 Å². The quantitative estimate of drug-likeness (QED) is 0.862. The summed E-state index contributed by atoms with van der Waals surface area (Å²) in [4.78, 5) is 2.12. The second-order valence-corrected chi connectivity index (χ2v) is 5.91. The van der Waals surface area contributed by atoms with E-state index in [0.717, 1.165) is 5.56 Å². The summed E-state index contributed by atoms with van der Waals surface area (Å²) in [5, 5.41) is 5.27. The molecule has 1 aliphatic heterocycles. The Kier molecular flexibility index (Phi) is 4.41. The Morgan fingerprint density at radius 3 is 2.63 bits per heavy atom. The minimum absolute atomic E-state index is 0.147. The zero-order valence-corrected chi connectivity index (χ0v) is 11.6. The van der Waals surface area contributed by atoms with Crippen LogP contribution in [0.1, 0.15) is 5.56 Å². The van der Waals surface area contributed by atoms with Crippen LogP contribution >= 0.6 is 0 Å². The van der Waals surface area contributed by atoms with Crippen LogP contribution in [0.5, 0.6) is 0 Å². The third kappa shape index (κ3) is 3.44. The van der Waals surface area contributed by atoms with Gasteiger partial charge < -0.3 is 14.4 Å². The van der Waals surface area contributed by atoms with Gasteiger partial charge in [0.2, 0.25) is 10.0 Å². The molecule has 1 aromatic rings. The highest BCUT2D eigenvalue weighted by molar-refractivity contribution is 7.89. The fourth-order valence-corrected chi connectivity index (χ4v) is 2.85. The van der Waals surface area contributed by atoms with Gasteiger partial charge in [0.05, 0.1) is 25.5 Å². The summed E-state index contributed by atoms with van der Waals surface area (Å²) in [6.07, 6.45) is 0. The molecule has 1 aliphatic rings. The maximum Gasteiger partial charge on any atom is 0.240 e. The van der Waals surface area contributed by atoms with Crippen LogP contribution in [-0.2, 0) is 26.1 Å². The summed E-state index contributed by atoms with van der Waals surface area (Å²) < 4.78 is 33.7. The van der Waals surface area contributed by atoms with Crippen molar-refractivity contribution in [2.75, 3.05) is 38.3 Å². The zero-order valence-electron chi connectivity index (χ0n) is 10.8. The number of anilines is 1. The predicted octanol–water partition coefficient (Wildman–Crippen LogP) is 0.317. The number of hydrogen-bond donors (Lipinski definition) is 1. The smallest absolute Gasteiger partial charge is 0.240 e. The molecule has 0 saturated carbocycles. The lowest BCUT2D eigenvalue weighted by molar-refractivity contribution is 0.122. The van der Waals surface area contributed by atoms with Gasteiger partial charge in [0.1, 0.15) is 4.90 Å². The number of benzene rings is 1. The molecule has 106 valence electrons. The fourth-order valence-electron chi connectivity index (χ4n) is 2.11. The fraction of sp³-hybridized carbons (Fsp3) is 0.500. The summed E-state index contributed by atoms with van der Waals surface area (Å²) in [5.41, 5.74) is 1.54. The van der Waals surface area contributed by atoms with E-state index < -0.39 is 10.0 Å². The topological polar surface area (TPSA) is 81.9 Å². The third-order valence-electron chi connectivity index (χ3n) is 2.99. The molecule has 0 amide bonds. The second kappa shape index (κ2) is 5.87. The lowest BCUT2D eigenvalue weighted by Crippen LogP contribution is -2.37. The SMILES string of the molecule is COCc1ccc(S(N)(=O)=O)c(N2CCOCC2)c1. The predicted molar refractivity (Wildman–Crippen MR) is 71.6 cm³/mol. The van der Waals surface area contributed by atoms with Crippen LogP contribution in [0, 0.1) is 0 Å². The number of nitrogens with two attached hydrogens (primary N) is 1. The number of rotatable bonds is 4. The molecule has 7 heteroatoms. The lowest BCUT2D eigenvalue weighted by Gasteiger charge is -2.30. The van der Waals surface area contributed by atoms with Gasteiger partial charge in [-0.3, -0.25) is 0 Å². The van der Waals surface area contributed by atoms with Gasteiger partial charge in [0.15, 0.2) is 0 Å². The highest BCUT2D eigenvalue weighted by Gasteiger charge is 2.21. The van der Waals surface area contributed by atoms with Crippen LogP contribution in [0.4, 0.5) is 5.69 Å². The number of nitrogens with zero attached hydrogens (tertiary/aromatic N) is 1. The number of morpholine rings is 1. The van der Waals surface area contributed by atoms with Crippen LogP contribution in [0.25, 0.3) is 0 Å². The van der Waals surface area contributed by atoms with Crippen molar-refractivity contribution in [3.63, 3.8) is 0 Å². The second-order valence-electron chi connectivity index (χ2n) is 4.38. The first-order chi connectivity index (χ1) is 9.02. The molecule has 1 heterocycles. The standard InChI is InChI=1S/C12H18N2O4S/c1-17-9-10-2-3-12(19(13,15)16)11(8-10)14-4-6-18-7-5-14/h2-3,8H,4-7,9H2,1H3,(H2,13,15,16). The molecule has 0 radical (unpaired) electrons. The molecule has 1 aromatic carbocycles. The van der Waals surface area contributed by atoms with Crippen LogP contribution in [0.2, 0.25) is 0 Å². The van der Waals surface area contributed by atoms with Crippen molar-refractivity contribution < 1.29 is 17.9 Å². The Balaban J connectivity index is 2.43. The molecule has 2 rings (SSSR count). The monoisotopic (exact) mass is 286 g/mol. The molecule has 0 aromatic heterocycles. The number of methoxy groups -OCH3 is 1. The molecule has 6 nitrogen and oxygen atoms in total. The average Bonchev–Trinajstić information content (AvgIpc) is 2.39. The Labute approximate surface area is 113 Å². The van der Waals surface area contributed by atoms with Crippen molar-refractivity contribution in [2.45, 2.75) is 11.5 Å². The largest absolute Gasteiger partial charge is 0.380 e. The van der Waals surface area contributed by atoms with Crippen molar-refractivity contribution in [3.8, 4) is 0 Å². The van der Waals surface area contributed by atoms with Crippen molar-refractivity contribution >= 4 is 15.7 Å². The minimum Gasteiger partial charge on any atom is -0.380 e. The highest BCUT2D eigenvalue weighted by Crippen LogP contribution is 2.26. The summed E-state index contributed by atoms with van der Waals surface area (Å²) in [6.45, 7) is 2.90. The van der Waals surface area contributed by atoms with Gasteiger partial charge in [0, 0.05) is 20.2 Å². The number of hydrogen-bond acceptors (Lipinski definition) is 5. The summed E-state index contributed by atoms with van der Waals surface area (Å²) >= 11 is 0. The summed E-state index contributed by atoms with van der Waals surface area (Å²) in [6, 6.07) is 5.07. The zero-order chi connectivity index (χ0) is 13.9. The third-order valence-corrected chi connectivity index (χ3v) is 3.95. The van der Waals surface area contributed by atoms with Crippen LogP contribution < -0.4 is 10.0 Å². The van der Waals surface area contributed by atoms with Crippen molar-refractivity contribution in [1.82, 2.24) is 0 Å². The van der Waals surface area contributed by atoms with Crippen LogP contribution in [-0.4, -0.2) is 41.8 Å². The molecule has 0 bridgehead atoms. The van der Waals surface area contributed by atoms with Gasteiger partial charge in [-0.1, -0.05) is 6.07 Å². The maximum absolute atomic E-state index is 11.7. The van der Waals surface area contributed by atoms with Crippen LogP contribution in [0.3, 0.4) is 0 Å². The Bertz CT molecular complexity index is 539. The van der Waals surface area contributed by atoms with Crippen molar-refractivity contribution in [1.29, 1.82) is 0 Å². The molecule has 1 fully saturated rings. The Hall–Kier alpha value is -1.15. The van der Waals surface area contributed by atoms with Gasteiger partial charge in [-0.05, 0) is 17.7 Å². The van der Waals surface area contributed by atoms with E-state index in [0.29, 0.717) is 38.6 Å². The van der Waals surface area contributed by atoms with E-state index in [9.17, 15) is 8.42 Å². The van der Waals surface area contributed by atoms with Crippen molar-refractivity contribution in [3.05, 3.63) is 23.8 Å². The first-order valence-corrected chi connectivity index (χ1v) is 7.54. The summed E-state index contributed by atoms with van der Waals surface area (Å²) in [7, 11) is -2.14. The molecule has 0 atom stereocenters. The normalized spacial score (nSPS) is 16.6. The average molecular weight is 286 g/mol. The molecule has 2 N–H and O–H groups in total. The molecule has 19 heavy (non-hydrogen) atoms. The van der Waals surface area contributed by atoms with Gasteiger partial charge in [0.25, 0.3) is 0 Å². The summed E-state index contributed by atoms with van der Waals surface area (Å²) in [5.74, 6) is 0. The number of sulfonamides is 1. The minimum atomic E-state index is -3.74. The Morgan fingerprint density at radius 2 is 2.05 bits per heavy atom. The van der Waals surface area contributed by atoms with Crippen LogP contribution in [0.15, 0.2) is 23.1 Å². The molecule has 1 saturated heterocycles. The van der Waals surface area contributed by atoms with Gasteiger partial charge in [-0.15, -0.1) is 0 Å². The van der Waals surface area contributed by atoms with E-state index in [2.05, 4.69) is 0 Å². The first-order valence-electron chi connectivity index (χ1n) is 6.00. The number of primary sulfonamides is 1. The van der Waals surface area contributed by atoms with E-state index in [1.807, 2.05) is 11.0 Å². The maximum atomic E-state index is 11.7. The molecular weight excluding hydrogens is 268 g/mol. The lowest BCUT2D eigenvalue weighted by atomic mass is 10.2. The molecule has 0 spiro atoms. The molecular formula is C12H18N2O4S. The number of ether oxygens (including phenoxy) is 2. The van der Waals surface area contributed by atoms with Gasteiger partial charge >= 0.3 is 0 Å². The van der Waals surface area contributed by atoms with Gasteiger partial charge in [-0.25, -0.2) is 13.6 Å². The highest BCUT2D eigenvalue weighted by atomic mass is 32.2.